The van der Waals surface area contributed by atoms with E-state index in [1.54, 1.807) is 18.3 Å². The number of H-pyrrole nitrogens is 1. The quantitative estimate of drug-likeness (QED) is 0.654. The van der Waals surface area contributed by atoms with E-state index in [1.165, 1.54) is 12.1 Å². The van der Waals surface area contributed by atoms with Crippen molar-refractivity contribution in [3.05, 3.63) is 65.6 Å². The number of hydrogen-bond donors (Lipinski definition) is 3. The summed E-state index contributed by atoms with van der Waals surface area (Å²) in [6.45, 7) is 2.72. The van der Waals surface area contributed by atoms with Crippen molar-refractivity contribution in [2.45, 2.75) is 32.0 Å². The molecule has 0 aliphatic rings. The summed E-state index contributed by atoms with van der Waals surface area (Å²) >= 11 is 0. The standard InChI is InChI=1S/C18H20FN3O/c1-12(9-17(23)13-5-7-16(19)8-6-13)20-10-14-3-2-4-15-11-21-22-18(14)15/h2-8,11-12,17,20,23H,9-10H2,1H3,(H,21,22)/t12-,17-/m1/s1. The summed E-state index contributed by atoms with van der Waals surface area (Å²) < 4.78 is 12.9. The molecule has 3 rings (SSSR count). The summed E-state index contributed by atoms with van der Waals surface area (Å²) in [7, 11) is 0. The van der Waals surface area contributed by atoms with Gasteiger partial charge in [-0.15, -0.1) is 0 Å². The van der Waals surface area contributed by atoms with Crippen molar-refractivity contribution >= 4 is 10.9 Å². The van der Waals surface area contributed by atoms with Gasteiger partial charge in [0.15, 0.2) is 0 Å². The monoisotopic (exact) mass is 313 g/mol. The molecule has 0 saturated heterocycles. The molecule has 0 saturated carbocycles. The predicted molar refractivity (Wildman–Crippen MR) is 88.4 cm³/mol. The lowest BCUT2D eigenvalue weighted by Gasteiger charge is -2.18. The third kappa shape index (κ3) is 3.75. The summed E-state index contributed by atoms with van der Waals surface area (Å²) in [6.07, 6.45) is 1.76. The molecule has 0 bridgehead atoms. The van der Waals surface area contributed by atoms with Crippen molar-refractivity contribution in [3.63, 3.8) is 0 Å². The summed E-state index contributed by atoms with van der Waals surface area (Å²) in [4.78, 5) is 0. The smallest absolute Gasteiger partial charge is 0.123 e. The SMILES string of the molecule is C[C@H](C[C@@H](O)c1ccc(F)cc1)NCc1cccc2cn[nH]c12. The molecule has 0 aliphatic heterocycles. The van der Waals surface area contributed by atoms with Crippen molar-refractivity contribution in [3.8, 4) is 0 Å². The van der Waals surface area contributed by atoms with Crippen molar-refractivity contribution in [2.24, 2.45) is 0 Å². The molecule has 23 heavy (non-hydrogen) atoms. The van der Waals surface area contributed by atoms with Gasteiger partial charge in [-0.3, -0.25) is 5.10 Å². The maximum absolute atomic E-state index is 12.9. The Labute approximate surface area is 134 Å². The number of aliphatic hydroxyl groups is 1. The van der Waals surface area contributed by atoms with E-state index in [4.69, 9.17) is 0 Å². The number of halogens is 1. The first-order valence-corrected chi connectivity index (χ1v) is 7.71. The van der Waals surface area contributed by atoms with Crippen LogP contribution in [0.4, 0.5) is 4.39 Å². The fourth-order valence-corrected chi connectivity index (χ4v) is 2.70. The Bertz CT molecular complexity index is 769. The fraction of sp³-hybridized carbons (Fsp3) is 0.278. The van der Waals surface area contributed by atoms with E-state index in [-0.39, 0.29) is 11.9 Å². The van der Waals surface area contributed by atoms with E-state index in [0.717, 1.165) is 22.0 Å². The molecule has 1 heterocycles. The van der Waals surface area contributed by atoms with Gasteiger partial charge >= 0.3 is 0 Å². The zero-order valence-corrected chi connectivity index (χ0v) is 13.0. The van der Waals surface area contributed by atoms with Crippen LogP contribution in [0.25, 0.3) is 10.9 Å². The second-order valence-corrected chi connectivity index (χ2v) is 5.84. The number of aromatic nitrogens is 2. The first kappa shape index (κ1) is 15.6. The lowest BCUT2D eigenvalue weighted by Crippen LogP contribution is -2.27. The van der Waals surface area contributed by atoms with Crippen LogP contribution in [0.3, 0.4) is 0 Å². The minimum Gasteiger partial charge on any atom is -0.388 e. The molecule has 4 nitrogen and oxygen atoms in total. The predicted octanol–water partition coefficient (Wildman–Crippen LogP) is 3.30. The zero-order chi connectivity index (χ0) is 16.2. The number of hydrogen-bond acceptors (Lipinski definition) is 3. The Balaban J connectivity index is 1.58. The number of fused-ring (bicyclic) bond motifs is 1. The molecule has 0 unspecified atom stereocenters. The number of aromatic amines is 1. The van der Waals surface area contributed by atoms with E-state index < -0.39 is 6.10 Å². The van der Waals surface area contributed by atoms with Gasteiger partial charge in [0, 0.05) is 18.0 Å². The molecule has 3 N–H and O–H groups in total. The first-order chi connectivity index (χ1) is 11.1. The Morgan fingerprint density at radius 1 is 1.22 bits per heavy atom. The van der Waals surface area contributed by atoms with Crippen LogP contribution in [-0.2, 0) is 6.54 Å². The van der Waals surface area contributed by atoms with Crippen LogP contribution in [0.1, 0.15) is 30.6 Å². The van der Waals surface area contributed by atoms with Crippen LogP contribution in [0.5, 0.6) is 0 Å². The maximum atomic E-state index is 12.9. The summed E-state index contributed by atoms with van der Waals surface area (Å²) in [5, 5.41) is 21.8. The average molecular weight is 313 g/mol. The third-order valence-corrected chi connectivity index (χ3v) is 4.04. The molecule has 0 spiro atoms. The Kier molecular flexibility index (Phi) is 4.69. The minimum absolute atomic E-state index is 0.119. The van der Waals surface area contributed by atoms with E-state index in [1.807, 2.05) is 19.1 Å². The number of benzene rings is 2. The number of nitrogens with one attached hydrogen (secondary N) is 2. The number of aliphatic hydroxyl groups excluding tert-OH is 1. The molecular formula is C18H20FN3O. The summed E-state index contributed by atoms with van der Waals surface area (Å²) in [6, 6.07) is 12.2. The molecule has 0 aliphatic carbocycles. The van der Waals surface area contributed by atoms with Gasteiger partial charge in [-0.05, 0) is 36.6 Å². The fourth-order valence-electron chi connectivity index (χ4n) is 2.70. The molecule has 2 aromatic carbocycles. The molecule has 3 aromatic rings. The second kappa shape index (κ2) is 6.89. The highest BCUT2D eigenvalue weighted by Gasteiger charge is 2.13. The number of rotatable bonds is 6. The molecule has 0 fully saturated rings. The zero-order valence-electron chi connectivity index (χ0n) is 13.0. The van der Waals surface area contributed by atoms with Gasteiger partial charge in [0.2, 0.25) is 0 Å². The van der Waals surface area contributed by atoms with Gasteiger partial charge in [0.25, 0.3) is 0 Å². The Morgan fingerprint density at radius 2 is 2.00 bits per heavy atom. The first-order valence-electron chi connectivity index (χ1n) is 7.71. The van der Waals surface area contributed by atoms with Gasteiger partial charge < -0.3 is 10.4 Å². The van der Waals surface area contributed by atoms with Crippen molar-refractivity contribution in [1.82, 2.24) is 15.5 Å². The van der Waals surface area contributed by atoms with Crippen molar-refractivity contribution in [2.75, 3.05) is 0 Å². The van der Waals surface area contributed by atoms with Gasteiger partial charge in [-0.25, -0.2) is 4.39 Å². The lowest BCUT2D eigenvalue weighted by molar-refractivity contribution is 0.154. The highest BCUT2D eigenvalue weighted by molar-refractivity contribution is 5.81. The van der Waals surface area contributed by atoms with Gasteiger partial charge in [0.05, 0.1) is 17.8 Å². The van der Waals surface area contributed by atoms with Crippen LogP contribution in [-0.4, -0.2) is 21.3 Å². The second-order valence-electron chi connectivity index (χ2n) is 5.84. The molecule has 5 heteroatoms. The van der Waals surface area contributed by atoms with Crippen LogP contribution in [0.15, 0.2) is 48.7 Å². The summed E-state index contributed by atoms with van der Waals surface area (Å²) in [5.74, 6) is -0.292. The summed E-state index contributed by atoms with van der Waals surface area (Å²) in [5.41, 5.74) is 2.91. The van der Waals surface area contributed by atoms with E-state index >= 15 is 0 Å². The molecule has 0 amide bonds. The van der Waals surface area contributed by atoms with Crippen LogP contribution in [0.2, 0.25) is 0 Å². The number of para-hydroxylation sites is 1. The molecule has 1 aromatic heterocycles. The van der Waals surface area contributed by atoms with Crippen LogP contribution < -0.4 is 5.32 Å². The minimum atomic E-state index is -0.610. The molecule has 0 radical (unpaired) electrons. The van der Waals surface area contributed by atoms with E-state index in [9.17, 15) is 9.50 Å². The molecular weight excluding hydrogens is 293 g/mol. The molecule has 2 atom stereocenters. The highest BCUT2D eigenvalue weighted by atomic mass is 19.1. The Morgan fingerprint density at radius 3 is 2.78 bits per heavy atom. The highest BCUT2D eigenvalue weighted by Crippen LogP contribution is 2.20. The van der Waals surface area contributed by atoms with Gasteiger partial charge in [-0.1, -0.05) is 30.3 Å². The third-order valence-electron chi connectivity index (χ3n) is 4.04. The van der Waals surface area contributed by atoms with Gasteiger partial charge in [-0.2, -0.15) is 5.10 Å². The van der Waals surface area contributed by atoms with Crippen molar-refractivity contribution < 1.29 is 9.50 Å². The van der Waals surface area contributed by atoms with E-state index in [0.29, 0.717) is 13.0 Å². The lowest BCUT2D eigenvalue weighted by atomic mass is 10.0. The average Bonchev–Trinajstić information content (AvgIpc) is 3.02. The van der Waals surface area contributed by atoms with Crippen LogP contribution >= 0.6 is 0 Å². The van der Waals surface area contributed by atoms with Crippen LogP contribution in [0, 0.1) is 5.82 Å². The number of nitrogens with zero attached hydrogens (tertiary/aromatic N) is 1. The van der Waals surface area contributed by atoms with Gasteiger partial charge in [0.1, 0.15) is 5.82 Å². The maximum Gasteiger partial charge on any atom is 0.123 e. The normalized spacial score (nSPS) is 14.0. The molecule has 120 valence electrons. The Hall–Kier alpha value is -2.24. The van der Waals surface area contributed by atoms with E-state index in [2.05, 4.69) is 21.6 Å². The largest absolute Gasteiger partial charge is 0.388 e. The van der Waals surface area contributed by atoms with Crippen molar-refractivity contribution in [1.29, 1.82) is 0 Å². The topological polar surface area (TPSA) is 60.9 Å².